The summed E-state index contributed by atoms with van der Waals surface area (Å²) in [4.78, 5) is 0.184. The molecule has 118 valence electrons. The number of hydrogen-bond acceptors (Lipinski definition) is 5. The van der Waals surface area contributed by atoms with Crippen LogP contribution in [-0.2, 0) is 10.0 Å². The smallest absolute Gasteiger partial charge is 0.243 e. The molecular formula is C14H22N2O4S. The van der Waals surface area contributed by atoms with Crippen molar-refractivity contribution in [1.29, 1.82) is 0 Å². The molecule has 0 saturated carbocycles. The van der Waals surface area contributed by atoms with E-state index in [1.807, 2.05) is 0 Å². The van der Waals surface area contributed by atoms with Crippen LogP contribution in [0.3, 0.4) is 0 Å². The monoisotopic (exact) mass is 314 g/mol. The van der Waals surface area contributed by atoms with Gasteiger partial charge in [-0.15, -0.1) is 0 Å². The molecule has 0 amide bonds. The molecule has 3 N–H and O–H groups in total. The van der Waals surface area contributed by atoms with E-state index >= 15 is 0 Å². The number of rotatable bonds is 4. The lowest BCUT2D eigenvalue weighted by Gasteiger charge is -2.32. The number of nitrogens with two attached hydrogens (primary N) is 1. The van der Waals surface area contributed by atoms with E-state index in [4.69, 9.17) is 10.5 Å². The summed E-state index contributed by atoms with van der Waals surface area (Å²) in [6.07, 6.45) is 0.943. The fourth-order valence-corrected chi connectivity index (χ4v) is 4.09. The van der Waals surface area contributed by atoms with E-state index in [0.717, 1.165) is 0 Å². The minimum absolute atomic E-state index is 0.164. The lowest BCUT2D eigenvalue weighted by atomic mass is 9.93. The van der Waals surface area contributed by atoms with Gasteiger partial charge in [0.2, 0.25) is 10.0 Å². The number of sulfonamides is 1. The Hall–Kier alpha value is -1.31. The predicted octanol–water partition coefficient (Wildman–Crippen LogP) is 1.06. The molecule has 0 bridgehead atoms. The average Bonchev–Trinajstić information content (AvgIpc) is 2.47. The van der Waals surface area contributed by atoms with Gasteiger partial charge in [0.15, 0.2) is 0 Å². The van der Waals surface area contributed by atoms with E-state index in [2.05, 4.69) is 0 Å². The van der Waals surface area contributed by atoms with Crippen molar-refractivity contribution in [3.8, 4) is 5.75 Å². The average molecular weight is 314 g/mol. The SMILES string of the molecule is COc1cc(S(=O)(=O)N2CCC(C(C)O)CC2)ccc1N. The topological polar surface area (TPSA) is 92.9 Å². The number of anilines is 1. The van der Waals surface area contributed by atoms with Gasteiger partial charge in [0.1, 0.15) is 5.75 Å². The molecule has 7 heteroatoms. The first-order chi connectivity index (χ1) is 9.86. The van der Waals surface area contributed by atoms with Gasteiger partial charge in [-0.2, -0.15) is 4.31 Å². The van der Waals surface area contributed by atoms with E-state index in [0.29, 0.717) is 37.4 Å². The van der Waals surface area contributed by atoms with Crippen LogP contribution in [0.2, 0.25) is 0 Å². The fraction of sp³-hybridized carbons (Fsp3) is 0.571. The molecule has 0 spiro atoms. The normalized spacial score (nSPS) is 19.4. The molecule has 1 atom stereocenters. The molecule has 1 aliphatic heterocycles. The summed E-state index contributed by atoms with van der Waals surface area (Å²) in [7, 11) is -2.09. The van der Waals surface area contributed by atoms with Gasteiger partial charge in [-0.3, -0.25) is 0 Å². The molecule has 0 radical (unpaired) electrons. The molecule has 1 unspecified atom stereocenters. The van der Waals surface area contributed by atoms with E-state index in [1.165, 1.54) is 29.6 Å². The van der Waals surface area contributed by atoms with Crippen molar-refractivity contribution in [1.82, 2.24) is 4.31 Å². The maximum atomic E-state index is 12.6. The minimum atomic E-state index is -3.54. The van der Waals surface area contributed by atoms with E-state index < -0.39 is 16.1 Å². The third kappa shape index (κ3) is 3.30. The van der Waals surface area contributed by atoms with Crippen LogP contribution < -0.4 is 10.5 Å². The molecule has 1 aromatic carbocycles. The van der Waals surface area contributed by atoms with Crippen molar-refractivity contribution in [3.05, 3.63) is 18.2 Å². The second-order valence-corrected chi connectivity index (χ2v) is 7.32. The molecule has 1 aromatic rings. The summed E-state index contributed by atoms with van der Waals surface area (Å²) in [5.74, 6) is 0.521. The first-order valence-electron chi connectivity index (χ1n) is 6.98. The van der Waals surface area contributed by atoms with Crippen molar-refractivity contribution in [3.63, 3.8) is 0 Å². The number of nitrogen functional groups attached to an aromatic ring is 1. The quantitative estimate of drug-likeness (QED) is 0.811. The molecule has 21 heavy (non-hydrogen) atoms. The van der Waals surface area contributed by atoms with Gasteiger partial charge in [-0.05, 0) is 37.8 Å². The lowest BCUT2D eigenvalue weighted by molar-refractivity contribution is 0.0912. The number of nitrogens with zero attached hydrogens (tertiary/aromatic N) is 1. The Bertz CT molecular complexity index is 593. The molecule has 1 heterocycles. The first kappa shape index (κ1) is 16.1. The maximum Gasteiger partial charge on any atom is 0.243 e. The summed E-state index contributed by atoms with van der Waals surface area (Å²) in [6.45, 7) is 2.59. The fourth-order valence-electron chi connectivity index (χ4n) is 2.60. The molecule has 1 aliphatic rings. The van der Waals surface area contributed by atoms with Crippen LogP contribution in [0.25, 0.3) is 0 Å². The third-order valence-electron chi connectivity index (χ3n) is 4.02. The van der Waals surface area contributed by atoms with E-state index in [-0.39, 0.29) is 10.8 Å². The summed E-state index contributed by atoms with van der Waals surface area (Å²) in [5.41, 5.74) is 6.12. The number of ether oxygens (including phenoxy) is 1. The molecule has 1 saturated heterocycles. The number of piperidine rings is 1. The number of methoxy groups -OCH3 is 1. The Morgan fingerprint density at radius 2 is 2.00 bits per heavy atom. The lowest BCUT2D eigenvalue weighted by Crippen LogP contribution is -2.40. The molecular weight excluding hydrogens is 292 g/mol. The van der Waals surface area contributed by atoms with Gasteiger partial charge in [-0.1, -0.05) is 0 Å². The van der Waals surface area contributed by atoms with Gasteiger partial charge < -0.3 is 15.6 Å². The highest BCUT2D eigenvalue weighted by molar-refractivity contribution is 7.89. The molecule has 6 nitrogen and oxygen atoms in total. The molecule has 2 rings (SSSR count). The van der Waals surface area contributed by atoms with E-state index in [9.17, 15) is 13.5 Å². The summed E-state index contributed by atoms with van der Waals surface area (Å²) >= 11 is 0. The maximum absolute atomic E-state index is 12.6. The number of aliphatic hydroxyl groups excluding tert-OH is 1. The van der Waals surface area contributed by atoms with Crippen molar-refractivity contribution < 1.29 is 18.3 Å². The Labute approximate surface area is 125 Å². The molecule has 0 aromatic heterocycles. The van der Waals surface area contributed by atoms with E-state index in [1.54, 1.807) is 6.92 Å². The highest BCUT2D eigenvalue weighted by Gasteiger charge is 2.31. The van der Waals surface area contributed by atoms with Gasteiger partial charge in [0, 0.05) is 19.2 Å². The zero-order valence-corrected chi connectivity index (χ0v) is 13.1. The second-order valence-electron chi connectivity index (χ2n) is 5.39. The van der Waals surface area contributed by atoms with Crippen molar-refractivity contribution >= 4 is 15.7 Å². The number of aliphatic hydroxyl groups is 1. The highest BCUT2D eigenvalue weighted by atomic mass is 32.2. The van der Waals surface area contributed by atoms with Crippen LogP contribution in [0.1, 0.15) is 19.8 Å². The van der Waals surface area contributed by atoms with Crippen LogP contribution in [0, 0.1) is 5.92 Å². The van der Waals surface area contributed by atoms with Gasteiger partial charge in [-0.25, -0.2) is 8.42 Å². The predicted molar refractivity (Wildman–Crippen MR) is 80.6 cm³/mol. The number of hydrogen-bond donors (Lipinski definition) is 2. The number of benzene rings is 1. The first-order valence-corrected chi connectivity index (χ1v) is 8.42. The van der Waals surface area contributed by atoms with Crippen LogP contribution in [0.5, 0.6) is 5.75 Å². The summed E-state index contributed by atoms with van der Waals surface area (Å²) in [6, 6.07) is 4.48. The van der Waals surface area contributed by atoms with Crippen LogP contribution in [0.4, 0.5) is 5.69 Å². The zero-order chi connectivity index (χ0) is 15.6. The van der Waals surface area contributed by atoms with Gasteiger partial charge in [0.25, 0.3) is 0 Å². The van der Waals surface area contributed by atoms with Gasteiger partial charge >= 0.3 is 0 Å². The van der Waals surface area contributed by atoms with Gasteiger partial charge in [0.05, 0.1) is 23.8 Å². The Morgan fingerprint density at radius 1 is 1.38 bits per heavy atom. The molecule has 1 fully saturated rings. The van der Waals surface area contributed by atoms with Crippen molar-refractivity contribution in [2.24, 2.45) is 5.92 Å². The summed E-state index contributed by atoms with van der Waals surface area (Å²) in [5, 5.41) is 9.58. The standard InChI is InChI=1S/C14H22N2O4S/c1-10(17)11-5-7-16(8-6-11)21(18,19)12-3-4-13(15)14(9-12)20-2/h3-4,9-11,17H,5-8,15H2,1-2H3. The highest BCUT2D eigenvalue weighted by Crippen LogP contribution is 2.29. The second kappa shape index (κ2) is 6.21. The summed E-state index contributed by atoms with van der Waals surface area (Å²) < 4.78 is 31.8. The Kier molecular flexibility index (Phi) is 4.75. The largest absolute Gasteiger partial charge is 0.495 e. The van der Waals surface area contributed by atoms with Crippen molar-refractivity contribution in [2.45, 2.75) is 30.8 Å². The molecule has 0 aliphatic carbocycles. The Morgan fingerprint density at radius 3 is 2.52 bits per heavy atom. The van der Waals surface area contributed by atoms with Crippen LogP contribution in [0.15, 0.2) is 23.1 Å². The minimum Gasteiger partial charge on any atom is -0.495 e. The van der Waals surface area contributed by atoms with Crippen LogP contribution in [-0.4, -0.2) is 44.1 Å². The Balaban J connectivity index is 2.19. The van der Waals surface area contributed by atoms with Crippen molar-refractivity contribution in [2.75, 3.05) is 25.9 Å². The van der Waals surface area contributed by atoms with Crippen LogP contribution >= 0.6 is 0 Å². The zero-order valence-electron chi connectivity index (χ0n) is 12.3. The third-order valence-corrected chi connectivity index (χ3v) is 5.92.